The molecule has 0 unspecified atom stereocenters. The third kappa shape index (κ3) is 1.81. The molecule has 1 aliphatic carbocycles. The zero-order valence-corrected chi connectivity index (χ0v) is 7.76. The van der Waals surface area contributed by atoms with Crippen LogP contribution in [-0.4, -0.2) is 3.42 Å². The Morgan fingerprint density at radius 2 is 2.33 bits per heavy atom. The maximum atomic E-state index is 2.52. The van der Waals surface area contributed by atoms with E-state index in [1.807, 2.05) is 0 Å². The van der Waals surface area contributed by atoms with Gasteiger partial charge in [-0.25, -0.2) is 0 Å². The van der Waals surface area contributed by atoms with Crippen LogP contribution in [0.4, 0.5) is 0 Å². The molecule has 0 N–H and O–H groups in total. The third-order valence-corrected chi connectivity index (χ3v) is 3.25. The van der Waals surface area contributed by atoms with Crippen LogP contribution in [0, 0.1) is 0 Å². The quantitative estimate of drug-likeness (QED) is 0.483. The van der Waals surface area contributed by atoms with Gasteiger partial charge >= 0.3 is 0 Å². The molecule has 9 heavy (non-hydrogen) atoms. The van der Waals surface area contributed by atoms with E-state index in [1.54, 1.807) is 0 Å². The normalized spacial score (nSPS) is 33.1. The second kappa shape index (κ2) is 2.86. The largest absolute Gasteiger partial charge is 0.0829 e. The highest BCUT2D eigenvalue weighted by Crippen LogP contribution is 2.31. The fourth-order valence-corrected chi connectivity index (χ4v) is 1.36. The molecule has 0 saturated heterocycles. The van der Waals surface area contributed by atoms with Gasteiger partial charge in [-0.2, -0.15) is 0 Å². The van der Waals surface area contributed by atoms with Gasteiger partial charge in [-0.15, -0.1) is 0 Å². The van der Waals surface area contributed by atoms with Crippen molar-refractivity contribution in [3.05, 3.63) is 24.3 Å². The minimum atomic E-state index is 0.423. The van der Waals surface area contributed by atoms with Crippen molar-refractivity contribution in [3.63, 3.8) is 0 Å². The Morgan fingerprint density at radius 3 is 2.67 bits per heavy atom. The molecule has 0 nitrogen and oxygen atoms in total. The number of hydrogen-bond acceptors (Lipinski definition) is 0. The van der Waals surface area contributed by atoms with Gasteiger partial charge in [-0.1, -0.05) is 53.8 Å². The van der Waals surface area contributed by atoms with Crippen molar-refractivity contribution in [1.82, 2.24) is 0 Å². The van der Waals surface area contributed by atoms with Gasteiger partial charge in [0.1, 0.15) is 0 Å². The Morgan fingerprint density at radius 1 is 1.56 bits per heavy atom. The number of rotatable bonds is 1. The minimum absolute atomic E-state index is 0.423. The molecule has 1 rings (SSSR count). The Kier molecular flexibility index (Phi) is 2.33. The molecule has 0 radical (unpaired) electrons. The van der Waals surface area contributed by atoms with E-state index in [2.05, 4.69) is 53.8 Å². The van der Waals surface area contributed by atoms with Crippen molar-refractivity contribution in [2.45, 2.75) is 23.2 Å². The van der Waals surface area contributed by atoms with Crippen LogP contribution in [0.2, 0.25) is 0 Å². The lowest BCUT2D eigenvalue weighted by Gasteiger charge is -2.21. The maximum absolute atomic E-state index is 2.52. The molecule has 0 fully saturated rings. The van der Waals surface area contributed by atoms with Crippen LogP contribution in [0.5, 0.6) is 0 Å². The van der Waals surface area contributed by atoms with Gasteiger partial charge in [-0.3, -0.25) is 0 Å². The molecule has 0 spiro atoms. The van der Waals surface area contributed by atoms with Crippen molar-refractivity contribution in [1.29, 1.82) is 0 Å². The standard InChI is InChI=1S/C8H11I/c1-2-8(9)6-4-3-5-7-8/h3-6H,2,7H2,1H3/t8-/m1/s1. The Labute approximate surface area is 70.2 Å². The number of hydrogen-bond donors (Lipinski definition) is 0. The summed E-state index contributed by atoms with van der Waals surface area (Å²) >= 11 is 2.52. The highest BCUT2D eigenvalue weighted by atomic mass is 127. The van der Waals surface area contributed by atoms with E-state index in [-0.39, 0.29) is 0 Å². The Balaban J connectivity index is 2.63. The molecule has 50 valence electrons. The molecule has 0 aliphatic heterocycles. The molecular formula is C8H11I. The van der Waals surface area contributed by atoms with Crippen LogP contribution in [0.25, 0.3) is 0 Å². The molecule has 0 saturated carbocycles. The number of alkyl halides is 1. The highest BCUT2D eigenvalue weighted by molar-refractivity contribution is 14.1. The van der Waals surface area contributed by atoms with Crippen molar-refractivity contribution < 1.29 is 0 Å². The molecule has 0 aromatic heterocycles. The summed E-state index contributed by atoms with van der Waals surface area (Å²) in [7, 11) is 0. The average Bonchev–Trinajstić information content (AvgIpc) is 1.90. The van der Waals surface area contributed by atoms with Gasteiger partial charge in [0.15, 0.2) is 0 Å². The van der Waals surface area contributed by atoms with Crippen LogP contribution in [0.15, 0.2) is 24.3 Å². The molecule has 1 atom stereocenters. The van der Waals surface area contributed by atoms with Crippen molar-refractivity contribution in [2.75, 3.05) is 0 Å². The Hall–Kier alpha value is 0.210. The maximum Gasteiger partial charge on any atom is 0.0435 e. The minimum Gasteiger partial charge on any atom is -0.0829 e. The van der Waals surface area contributed by atoms with Gasteiger partial charge in [0, 0.05) is 3.42 Å². The van der Waals surface area contributed by atoms with Gasteiger partial charge in [0.05, 0.1) is 0 Å². The van der Waals surface area contributed by atoms with E-state index in [1.165, 1.54) is 12.8 Å². The van der Waals surface area contributed by atoms with Crippen LogP contribution < -0.4 is 0 Å². The zero-order valence-electron chi connectivity index (χ0n) is 5.60. The van der Waals surface area contributed by atoms with Crippen LogP contribution >= 0.6 is 22.6 Å². The smallest absolute Gasteiger partial charge is 0.0435 e. The number of halogens is 1. The van der Waals surface area contributed by atoms with Crippen LogP contribution in [0.1, 0.15) is 19.8 Å². The van der Waals surface area contributed by atoms with Gasteiger partial charge in [0.2, 0.25) is 0 Å². The lowest BCUT2D eigenvalue weighted by molar-refractivity contribution is 0.721. The summed E-state index contributed by atoms with van der Waals surface area (Å²) in [5.41, 5.74) is 0. The van der Waals surface area contributed by atoms with E-state index in [4.69, 9.17) is 0 Å². The monoisotopic (exact) mass is 234 g/mol. The molecule has 1 aliphatic rings. The first kappa shape index (κ1) is 7.32. The lowest BCUT2D eigenvalue weighted by Crippen LogP contribution is -2.15. The fourth-order valence-electron chi connectivity index (χ4n) is 0.901. The van der Waals surface area contributed by atoms with E-state index in [9.17, 15) is 0 Å². The zero-order chi connectivity index (χ0) is 6.74. The average molecular weight is 234 g/mol. The first-order valence-electron chi connectivity index (χ1n) is 3.30. The Bertz CT molecular complexity index is 147. The number of allylic oxidation sites excluding steroid dienone is 4. The SMILES string of the molecule is CC[C@@]1(I)C=CC=CC1. The van der Waals surface area contributed by atoms with Crippen LogP contribution in [0.3, 0.4) is 0 Å². The first-order valence-corrected chi connectivity index (χ1v) is 4.38. The highest BCUT2D eigenvalue weighted by Gasteiger charge is 2.19. The molecule has 0 aromatic rings. The predicted molar refractivity (Wildman–Crippen MR) is 49.9 cm³/mol. The first-order chi connectivity index (χ1) is 4.27. The molecular weight excluding hydrogens is 223 g/mol. The van der Waals surface area contributed by atoms with Gasteiger partial charge < -0.3 is 0 Å². The summed E-state index contributed by atoms with van der Waals surface area (Å²) in [6.07, 6.45) is 11.2. The van der Waals surface area contributed by atoms with Gasteiger partial charge in [-0.05, 0) is 12.8 Å². The van der Waals surface area contributed by atoms with Gasteiger partial charge in [0.25, 0.3) is 0 Å². The molecule has 0 aromatic carbocycles. The summed E-state index contributed by atoms with van der Waals surface area (Å²) in [5.74, 6) is 0. The van der Waals surface area contributed by atoms with Crippen LogP contribution in [-0.2, 0) is 0 Å². The lowest BCUT2D eigenvalue weighted by atomic mass is 9.98. The summed E-state index contributed by atoms with van der Waals surface area (Å²) in [5, 5.41) is 0. The molecule has 0 bridgehead atoms. The van der Waals surface area contributed by atoms with Crippen molar-refractivity contribution >= 4 is 22.6 Å². The van der Waals surface area contributed by atoms with Crippen molar-refractivity contribution in [3.8, 4) is 0 Å². The summed E-state index contributed by atoms with van der Waals surface area (Å²) in [4.78, 5) is 0. The van der Waals surface area contributed by atoms with Crippen molar-refractivity contribution in [2.24, 2.45) is 0 Å². The fraction of sp³-hybridized carbons (Fsp3) is 0.500. The second-order valence-electron chi connectivity index (χ2n) is 2.38. The summed E-state index contributed by atoms with van der Waals surface area (Å²) in [6, 6.07) is 0. The molecule has 1 heteroatoms. The summed E-state index contributed by atoms with van der Waals surface area (Å²) in [6.45, 7) is 2.23. The van der Waals surface area contributed by atoms with E-state index >= 15 is 0 Å². The topological polar surface area (TPSA) is 0 Å². The van der Waals surface area contributed by atoms with E-state index < -0.39 is 0 Å². The third-order valence-electron chi connectivity index (χ3n) is 1.69. The molecule has 0 amide bonds. The molecule has 0 heterocycles. The summed E-state index contributed by atoms with van der Waals surface area (Å²) < 4.78 is 0.423. The van der Waals surface area contributed by atoms with E-state index in [0.717, 1.165) is 0 Å². The van der Waals surface area contributed by atoms with E-state index in [0.29, 0.717) is 3.42 Å². The second-order valence-corrected chi connectivity index (χ2v) is 4.53. The predicted octanol–water partition coefficient (Wildman–Crippen LogP) is 3.09.